The zero-order valence-corrected chi connectivity index (χ0v) is 12.0. The molecule has 0 aliphatic carbocycles. The number of nitrogens with zero attached hydrogens (tertiary/aromatic N) is 2. The molecule has 18 heavy (non-hydrogen) atoms. The monoisotopic (exact) mass is 263 g/mol. The Balaban J connectivity index is 2.53. The molecule has 96 valence electrons. The molecule has 2 rings (SSSR count). The lowest BCUT2D eigenvalue weighted by molar-refractivity contribution is 0.795. The van der Waals surface area contributed by atoms with Gasteiger partial charge in [0.1, 0.15) is 11.0 Å². The van der Waals surface area contributed by atoms with Crippen LogP contribution >= 0.6 is 11.6 Å². The van der Waals surface area contributed by atoms with Crippen molar-refractivity contribution in [1.29, 1.82) is 0 Å². The highest BCUT2D eigenvalue weighted by molar-refractivity contribution is 6.30. The Kier molecular flexibility index (Phi) is 3.73. The maximum absolute atomic E-state index is 6.29. The number of rotatable bonds is 3. The van der Waals surface area contributed by atoms with Gasteiger partial charge in [-0.1, -0.05) is 35.4 Å². The van der Waals surface area contributed by atoms with E-state index >= 15 is 0 Å². The largest absolute Gasteiger partial charge is 0.318 e. The average molecular weight is 264 g/mol. The summed E-state index contributed by atoms with van der Waals surface area (Å²) >= 11 is 6.29. The molecule has 1 aromatic heterocycles. The normalized spacial score (nSPS) is 10.9. The average Bonchev–Trinajstić information content (AvgIpc) is 2.58. The number of hydrogen-bond acceptors (Lipinski definition) is 2. The van der Waals surface area contributed by atoms with Gasteiger partial charge >= 0.3 is 0 Å². The number of hydrogen-bond donors (Lipinski definition) is 1. The molecule has 0 atom stereocenters. The number of halogens is 1. The van der Waals surface area contributed by atoms with Crippen LogP contribution in [0.4, 0.5) is 0 Å². The fraction of sp³-hybridized carbons (Fsp3) is 0.357. The number of aryl methyl sites for hydroxylation is 2. The van der Waals surface area contributed by atoms with Crippen LogP contribution in [0.5, 0.6) is 0 Å². The molecule has 0 radical (unpaired) electrons. The summed E-state index contributed by atoms with van der Waals surface area (Å²) in [6.07, 6.45) is 0. The van der Waals surface area contributed by atoms with Crippen molar-refractivity contribution in [2.75, 3.05) is 7.05 Å². The van der Waals surface area contributed by atoms with Crippen LogP contribution in [0.2, 0.25) is 5.15 Å². The lowest BCUT2D eigenvalue weighted by Gasteiger charge is -2.07. The summed E-state index contributed by atoms with van der Waals surface area (Å²) in [5.74, 6) is 0.919. The van der Waals surface area contributed by atoms with E-state index in [2.05, 4.69) is 42.3 Å². The van der Waals surface area contributed by atoms with E-state index in [9.17, 15) is 0 Å². The molecular formula is C14H18ClN3. The first-order chi connectivity index (χ1) is 8.54. The summed E-state index contributed by atoms with van der Waals surface area (Å²) in [7, 11) is 3.84. The third-order valence-electron chi connectivity index (χ3n) is 3.06. The van der Waals surface area contributed by atoms with Crippen molar-refractivity contribution in [1.82, 2.24) is 14.9 Å². The molecule has 0 saturated carbocycles. The third-order valence-corrected chi connectivity index (χ3v) is 3.53. The molecule has 0 unspecified atom stereocenters. The predicted octanol–water partition coefficient (Wildman–Crippen LogP) is 3.08. The summed E-state index contributed by atoms with van der Waals surface area (Å²) < 4.78 is 1.94. The topological polar surface area (TPSA) is 29.9 Å². The minimum atomic E-state index is 0.678. The molecule has 0 fully saturated rings. The first-order valence-electron chi connectivity index (χ1n) is 5.98. The van der Waals surface area contributed by atoms with Crippen LogP contribution in [-0.4, -0.2) is 16.6 Å². The van der Waals surface area contributed by atoms with E-state index in [0.717, 1.165) is 17.1 Å². The fourth-order valence-electron chi connectivity index (χ4n) is 2.12. The first kappa shape index (κ1) is 13.1. The zero-order chi connectivity index (χ0) is 13.3. The molecule has 4 heteroatoms. The van der Waals surface area contributed by atoms with Crippen molar-refractivity contribution in [3.63, 3.8) is 0 Å². The molecule has 2 aromatic rings. The van der Waals surface area contributed by atoms with Gasteiger partial charge in [-0.05, 0) is 26.5 Å². The Hall–Kier alpha value is -1.32. The van der Waals surface area contributed by atoms with Gasteiger partial charge in [0.2, 0.25) is 0 Å². The second-order valence-electron chi connectivity index (χ2n) is 4.58. The zero-order valence-electron chi connectivity index (χ0n) is 11.2. The van der Waals surface area contributed by atoms with Gasteiger partial charge < -0.3 is 9.88 Å². The van der Waals surface area contributed by atoms with Crippen molar-refractivity contribution in [3.05, 3.63) is 40.2 Å². The Bertz CT molecular complexity index is 573. The van der Waals surface area contributed by atoms with E-state index in [1.807, 2.05) is 18.7 Å². The van der Waals surface area contributed by atoms with Crippen LogP contribution in [0.15, 0.2) is 18.2 Å². The summed E-state index contributed by atoms with van der Waals surface area (Å²) in [6.45, 7) is 4.87. The standard InChI is InChI=1S/C14H18ClN3/c1-9-5-6-11(10(2)7-9)14-17-12(8-16-3)13(15)18(14)4/h5-7,16H,8H2,1-4H3. The Morgan fingerprint density at radius 3 is 2.67 bits per heavy atom. The second kappa shape index (κ2) is 5.12. The molecule has 0 bridgehead atoms. The minimum absolute atomic E-state index is 0.678. The van der Waals surface area contributed by atoms with Gasteiger partial charge in [0, 0.05) is 19.2 Å². The minimum Gasteiger partial charge on any atom is -0.318 e. The molecule has 0 aliphatic rings. The van der Waals surface area contributed by atoms with Crippen LogP contribution in [0.1, 0.15) is 16.8 Å². The summed E-state index contributed by atoms with van der Waals surface area (Å²) in [5, 5.41) is 3.77. The molecule has 1 aromatic carbocycles. The fourth-order valence-corrected chi connectivity index (χ4v) is 2.31. The maximum atomic E-state index is 6.29. The lowest BCUT2D eigenvalue weighted by atomic mass is 10.1. The van der Waals surface area contributed by atoms with Gasteiger partial charge in [0.15, 0.2) is 0 Å². The summed E-state index contributed by atoms with van der Waals surface area (Å²) in [6, 6.07) is 6.37. The Labute approximate surface area is 113 Å². The molecule has 1 heterocycles. The highest BCUT2D eigenvalue weighted by atomic mass is 35.5. The summed E-state index contributed by atoms with van der Waals surface area (Å²) in [5.41, 5.74) is 4.49. The first-order valence-corrected chi connectivity index (χ1v) is 6.35. The van der Waals surface area contributed by atoms with Crippen molar-refractivity contribution >= 4 is 11.6 Å². The number of aromatic nitrogens is 2. The second-order valence-corrected chi connectivity index (χ2v) is 4.94. The van der Waals surface area contributed by atoms with Crippen molar-refractivity contribution in [3.8, 4) is 11.4 Å². The Morgan fingerprint density at radius 1 is 1.33 bits per heavy atom. The number of imidazole rings is 1. The molecule has 1 N–H and O–H groups in total. The van der Waals surface area contributed by atoms with E-state index in [-0.39, 0.29) is 0 Å². The SMILES string of the molecule is CNCc1nc(-c2ccc(C)cc2C)n(C)c1Cl. The van der Waals surface area contributed by atoms with E-state index < -0.39 is 0 Å². The third kappa shape index (κ3) is 2.28. The van der Waals surface area contributed by atoms with Crippen molar-refractivity contribution < 1.29 is 0 Å². The van der Waals surface area contributed by atoms with Gasteiger partial charge in [-0.25, -0.2) is 4.98 Å². The smallest absolute Gasteiger partial charge is 0.141 e. The van der Waals surface area contributed by atoms with Crippen LogP contribution in [-0.2, 0) is 13.6 Å². The van der Waals surface area contributed by atoms with E-state index in [0.29, 0.717) is 11.7 Å². The van der Waals surface area contributed by atoms with Gasteiger partial charge in [0.05, 0.1) is 5.69 Å². The summed E-state index contributed by atoms with van der Waals surface area (Å²) in [4.78, 5) is 4.63. The lowest BCUT2D eigenvalue weighted by Crippen LogP contribution is -2.05. The van der Waals surface area contributed by atoms with Crippen molar-refractivity contribution in [2.45, 2.75) is 20.4 Å². The van der Waals surface area contributed by atoms with Crippen LogP contribution in [0.3, 0.4) is 0 Å². The molecule has 3 nitrogen and oxygen atoms in total. The van der Waals surface area contributed by atoms with Crippen LogP contribution in [0.25, 0.3) is 11.4 Å². The maximum Gasteiger partial charge on any atom is 0.141 e. The van der Waals surface area contributed by atoms with E-state index in [4.69, 9.17) is 11.6 Å². The number of benzene rings is 1. The van der Waals surface area contributed by atoms with Gasteiger partial charge in [-0.2, -0.15) is 0 Å². The molecule has 0 saturated heterocycles. The Morgan fingerprint density at radius 2 is 2.06 bits per heavy atom. The van der Waals surface area contributed by atoms with Gasteiger partial charge in [-0.15, -0.1) is 0 Å². The van der Waals surface area contributed by atoms with E-state index in [1.165, 1.54) is 11.1 Å². The molecule has 0 spiro atoms. The van der Waals surface area contributed by atoms with Crippen LogP contribution < -0.4 is 5.32 Å². The predicted molar refractivity (Wildman–Crippen MR) is 75.9 cm³/mol. The van der Waals surface area contributed by atoms with E-state index in [1.54, 1.807) is 0 Å². The van der Waals surface area contributed by atoms with Crippen LogP contribution in [0, 0.1) is 13.8 Å². The molecular weight excluding hydrogens is 246 g/mol. The highest BCUT2D eigenvalue weighted by Gasteiger charge is 2.15. The molecule has 0 amide bonds. The molecule has 0 aliphatic heterocycles. The number of nitrogens with one attached hydrogen (secondary N) is 1. The quantitative estimate of drug-likeness (QED) is 0.922. The van der Waals surface area contributed by atoms with Gasteiger partial charge in [0.25, 0.3) is 0 Å². The van der Waals surface area contributed by atoms with Crippen molar-refractivity contribution in [2.24, 2.45) is 7.05 Å². The highest BCUT2D eigenvalue weighted by Crippen LogP contribution is 2.27. The van der Waals surface area contributed by atoms with Gasteiger partial charge in [-0.3, -0.25) is 0 Å².